The Morgan fingerprint density at radius 2 is 1.87 bits per heavy atom. The Morgan fingerprint density at radius 1 is 1.15 bits per heavy atom. The van der Waals surface area contributed by atoms with Crippen molar-refractivity contribution in [3.63, 3.8) is 0 Å². The molecule has 4 fully saturated rings. The van der Waals surface area contributed by atoms with Crippen LogP contribution in [0.25, 0.3) is 21.1 Å². The number of benzene rings is 1. The van der Waals surface area contributed by atoms with Gasteiger partial charge < -0.3 is 20.3 Å². The third kappa shape index (κ3) is 6.07. The van der Waals surface area contributed by atoms with Crippen LogP contribution in [0.2, 0.25) is 0 Å². The number of nitriles is 1. The summed E-state index contributed by atoms with van der Waals surface area (Å²) >= 11 is 1.06. The van der Waals surface area contributed by atoms with Gasteiger partial charge in [-0.05, 0) is 87.6 Å². The number of rotatable bonds is 9. The highest BCUT2D eigenvalue weighted by atomic mass is 32.1. The number of alkyl halides is 3. The van der Waals surface area contributed by atoms with Gasteiger partial charge in [0.05, 0.1) is 11.8 Å². The average molecular weight is 666 g/mol. The average Bonchev–Trinajstić information content (AvgIpc) is 3.53. The lowest BCUT2D eigenvalue weighted by atomic mass is 9.39. The van der Waals surface area contributed by atoms with Gasteiger partial charge in [0.2, 0.25) is 0 Å². The number of halogens is 3. The van der Waals surface area contributed by atoms with E-state index in [4.69, 9.17) is 0 Å². The van der Waals surface area contributed by atoms with Crippen molar-refractivity contribution in [2.75, 3.05) is 18.4 Å². The second-order valence-electron chi connectivity index (χ2n) is 14.5. The van der Waals surface area contributed by atoms with Gasteiger partial charge in [-0.25, -0.2) is 9.97 Å². The highest BCUT2D eigenvalue weighted by Gasteiger charge is 2.68. The van der Waals surface area contributed by atoms with Gasteiger partial charge in [0.25, 0.3) is 5.91 Å². The van der Waals surface area contributed by atoms with E-state index in [1.54, 1.807) is 6.07 Å². The molecular formula is C34H38F3N7O2S. The lowest BCUT2D eigenvalue weighted by Gasteiger charge is -2.71. The van der Waals surface area contributed by atoms with Crippen molar-refractivity contribution >= 4 is 44.2 Å². The summed E-state index contributed by atoms with van der Waals surface area (Å²) in [7, 11) is 0. The van der Waals surface area contributed by atoms with E-state index in [-0.39, 0.29) is 27.8 Å². The normalized spacial score (nSPS) is 23.4. The molecule has 1 saturated heterocycles. The molecule has 0 unspecified atom stereocenters. The molecule has 1 aromatic carbocycles. The lowest BCUT2D eigenvalue weighted by Crippen LogP contribution is -2.76. The maximum absolute atomic E-state index is 12.9. The Kier molecular flexibility index (Phi) is 7.57. The smallest absolute Gasteiger partial charge is 0.381 e. The minimum atomic E-state index is -4.26. The van der Waals surface area contributed by atoms with Crippen LogP contribution in [0.5, 0.6) is 0 Å². The van der Waals surface area contributed by atoms with E-state index < -0.39 is 18.2 Å². The van der Waals surface area contributed by atoms with Crippen LogP contribution in [0, 0.1) is 23.7 Å². The fourth-order valence-electron chi connectivity index (χ4n) is 7.96. The van der Waals surface area contributed by atoms with E-state index in [2.05, 4.69) is 55.2 Å². The predicted octanol–water partition coefficient (Wildman–Crippen LogP) is 5.82. The quantitative estimate of drug-likeness (QED) is 0.206. The van der Waals surface area contributed by atoms with Crippen LogP contribution in [0.15, 0.2) is 30.6 Å². The molecule has 3 saturated carbocycles. The third-order valence-corrected chi connectivity index (χ3v) is 11.3. The van der Waals surface area contributed by atoms with Crippen molar-refractivity contribution in [2.24, 2.45) is 5.41 Å². The number of carbonyl (C=O) groups is 1. The molecule has 3 aromatic heterocycles. The molecule has 0 atom stereocenters. The van der Waals surface area contributed by atoms with Crippen molar-refractivity contribution in [3.05, 3.63) is 52.3 Å². The fraction of sp³-hybridized carbons (Fsp3) is 0.529. The first-order valence-corrected chi connectivity index (χ1v) is 16.8. The molecule has 9 nitrogen and oxygen atoms in total. The van der Waals surface area contributed by atoms with Gasteiger partial charge in [0, 0.05) is 53.5 Å². The Balaban J connectivity index is 0.981. The number of aryl methyl sites for hydroxylation is 1. The van der Waals surface area contributed by atoms with Crippen molar-refractivity contribution < 1.29 is 23.1 Å². The zero-order valence-corrected chi connectivity index (χ0v) is 27.5. The van der Waals surface area contributed by atoms with Crippen LogP contribution in [-0.2, 0) is 24.3 Å². The van der Waals surface area contributed by atoms with Crippen LogP contribution in [0.1, 0.15) is 67.6 Å². The number of carbonyl (C=O) groups excluding carboxylic acids is 1. The van der Waals surface area contributed by atoms with Gasteiger partial charge in [-0.1, -0.05) is 6.07 Å². The summed E-state index contributed by atoms with van der Waals surface area (Å²) in [5.74, 6) is 0.246. The van der Waals surface area contributed by atoms with E-state index in [1.165, 1.54) is 31.3 Å². The summed E-state index contributed by atoms with van der Waals surface area (Å²) in [5.41, 5.74) is 2.50. The number of nitrogens with zero attached hydrogens (tertiary/aromatic N) is 5. The molecule has 0 radical (unpaired) electrons. The molecule has 248 valence electrons. The maximum atomic E-state index is 12.9. The highest BCUT2D eigenvalue weighted by molar-refractivity contribution is 7.18. The molecule has 4 aliphatic rings. The number of hydrogen-bond acceptors (Lipinski definition) is 8. The Bertz CT molecular complexity index is 1890. The van der Waals surface area contributed by atoms with Crippen LogP contribution >= 0.6 is 11.3 Å². The van der Waals surface area contributed by atoms with E-state index in [1.807, 2.05) is 6.07 Å². The number of aromatic nitrogens is 3. The van der Waals surface area contributed by atoms with Gasteiger partial charge in [0.1, 0.15) is 34.3 Å². The summed E-state index contributed by atoms with van der Waals surface area (Å²) in [4.78, 5) is 24.1. The van der Waals surface area contributed by atoms with Crippen LogP contribution < -0.4 is 10.6 Å². The molecule has 1 amide bonds. The van der Waals surface area contributed by atoms with Crippen LogP contribution in [-0.4, -0.2) is 66.9 Å². The maximum Gasteiger partial charge on any atom is 0.393 e. The number of hydrogen-bond donors (Lipinski definition) is 3. The molecule has 13 heteroatoms. The molecule has 4 aromatic rings. The van der Waals surface area contributed by atoms with E-state index in [9.17, 15) is 28.3 Å². The number of piperidine rings is 1. The van der Waals surface area contributed by atoms with Gasteiger partial charge in [-0.2, -0.15) is 18.4 Å². The zero-order chi connectivity index (χ0) is 33.4. The first-order valence-electron chi connectivity index (χ1n) is 16.0. The third-order valence-electron chi connectivity index (χ3n) is 10.2. The minimum Gasteiger partial charge on any atom is -0.381 e. The fourth-order valence-corrected chi connectivity index (χ4v) is 8.98. The number of fused-ring (bicyclic) bond motifs is 2. The molecule has 47 heavy (non-hydrogen) atoms. The predicted molar refractivity (Wildman–Crippen MR) is 174 cm³/mol. The Labute approximate surface area is 274 Å². The Morgan fingerprint density at radius 3 is 2.53 bits per heavy atom. The number of nitrogens with one attached hydrogen (secondary N) is 2. The van der Waals surface area contributed by atoms with Gasteiger partial charge in [-0.3, -0.25) is 9.69 Å². The second kappa shape index (κ2) is 11.2. The largest absolute Gasteiger partial charge is 0.393 e. The van der Waals surface area contributed by atoms with Crippen molar-refractivity contribution in [2.45, 2.75) is 95.7 Å². The summed E-state index contributed by atoms with van der Waals surface area (Å²) in [6, 6.07) is 10.4. The number of thiophene rings is 1. The van der Waals surface area contributed by atoms with E-state index >= 15 is 0 Å². The number of likely N-dealkylation sites (tertiary alicyclic amines) is 1. The first kappa shape index (κ1) is 31.8. The number of anilines is 1. The molecule has 4 heterocycles. The molecule has 3 aliphatic carbocycles. The minimum absolute atomic E-state index is 0.0573. The SMILES string of the molecule is Cc1c(CN2CCC(Nc3ncnc4sc(CC(F)(F)F)cc34)CC2)ccc2c1cc(C#N)n2CC12CC(NC(=O)C(C)(C)O)(C1)C2. The molecule has 0 spiro atoms. The standard InChI is InChI=1S/C34H38F3N7O2S/c1-20-21(14-43-8-6-22(7-9-43)41-28-26-11-24(12-34(35,36)37)47-29(26)40-19-39-28)4-5-27-25(20)10-23(13-38)44(27)18-32-15-33(16-32,17-32)42-30(45)31(2,3)46/h4-5,10-11,19,22,46H,6-9,12,14-18H2,1-3H3,(H,42,45)(H,39,40,41). The van der Waals surface area contributed by atoms with Crippen molar-refractivity contribution in [1.29, 1.82) is 5.26 Å². The molecule has 1 aliphatic heterocycles. The van der Waals surface area contributed by atoms with Gasteiger partial charge in [-0.15, -0.1) is 11.3 Å². The van der Waals surface area contributed by atoms with Crippen molar-refractivity contribution in [1.82, 2.24) is 24.8 Å². The molecule has 3 N–H and O–H groups in total. The van der Waals surface area contributed by atoms with E-state index in [0.717, 1.165) is 80.5 Å². The highest BCUT2D eigenvalue weighted by Crippen LogP contribution is 2.68. The zero-order valence-electron chi connectivity index (χ0n) is 26.7. The van der Waals surface area contributed by atoms with Crippen LogP contribution in [0.4, 0.5) is 19.0 Å². The summed E-state index contributed by atoms with van der Waals surface area (Å²) in [5, 5.41) is 28.3. The number of amides is 1. The van der Waals surface area contributed by atoms with Crippen molar-refractivity contribution in [3.8, 4) is 6.07 Å². The second-order valence-corrected chi connectivity index (χ2v) is 15.6. The summed E-state index contributed by atoms with van der Waals surface area (Å²) < 4.78 is 41.0. The van der Waals surface area contributed by atoms with E-state index in [0.29, 0.717) is 21.7 Å². The summed E-state index contributed by atoms with van der Waals surface area (Å²) in [6.45, 7) is 8.37. The summed E-state index contributed by atoms with van der Waals surface area (Å²) in [6.07, 6.45) is 0.478. The van der Waals surface area contributed by atoms with Crippen LogP contribution in [0.3, 0.4) is 0 Å². The Hall–Kier alpha value is -3.73. The van der Waals surface area contributed by atoms with Gasteiger partial charge in [0.15, 0.2) is 0 Å². The molecule has 8 rings (SSSR count). The molecule has 2 bridgehead atoms. The monoisotopic (exact) mass is 665 g/mol. The number of aliphatic hydroxyl groups is 1. The lowest BCUT2D eigenvalue weighted by molar-refractivity contribution is -0.179. The van der Waals surface area contributed by atoms with Gasteiger partial charge >= 0.3 is 6.18 Å². The topological polar surface area (TPSA) is 119 Å². The molecular weight excluding hydrogens is 627 g/mol. The first-order chi connectivity index (χ1) is 22.1.